The molecule has 0 spiro atoms. The largest absolute Gasteiger partial charge is 0.346 e. The molecule has 3 atom stereocenters. The maximum Gasteiger partial charge on any atom is 0.225 e. The zero-order valence-corrected chi connectivity index (χ0v) is 10.2. The Morgan fingerprint density at radius 2 is 2.07 bits per heavy atom. The summed E-state index contributed by atoms with van der Waals surface area (Å²) >= 11 is 0. The SMILES string of the molecule is CCCN(C)C(=O)C1CC(C)CC(N)C1. The van der Waals surface area contributed by atoms with E-state index in [1.165, 1.54) is 0 Å². The monoisotopic (exact) mass is 212 g/mol. The van der Waals surface area contributed by atoms with Gasteiger partial charge in [-0.25, -0.2) is 0 Å². The first-order valence-corrected chi connectivity index (χ1v) is 6.05. The van der Waals surface area contributed by atoms with Crippen molar-refractivity contribution in [3.05, 3.63) is 0 Å². The molecule has 0 aliphatic heterocycles. The number of hydrogen-bond donors (Lipinski definition) is 1. The number of amides is 1. The molecule has 0 aromatic rings. The second kappa shape index (κ2) is 5.50. The van der Waals surface area contributed by atoms with Crippen molar-refractivity contribution < 1.29 is 4.79 Å². The van der Waals surface area contributed by atoms with E-state index in [-0.39, 0.29) is 12.0 Å². The smallest absolute Gasteiger partial charge is 0.225 e. The van der Waals surface area contributed by atoms with Crippen molar-refractivity contribution in [2.45, 2.75) is 45.6 Å². The van der Waals surface area contributed by atoms with Gasteiger partial charge in [0.15, 0.2) is 0 Å². The maximum absolute atomic E-state index is 12.0. The highest BCUT2D eigenvalue weighted by Gasteiger charge is 2.30. The molecule has 1 aliphatic rings. The van der Waals surface area contributed by atoms with Gasteiger partial charge < -0.3 is 10.6 Å². The maximum atomic E-state index is 12.0. The van der Waals surface area contributed by atoms with E-state index < -0.39 is 0 Å². The standard InChI is InChI=1S/C12H24N2O/c1-4-5-14(3)12(15)10-6-9(2)7-11(13)8-10/h9-11H,4-8,13H2,1-3H3. The fourth-order valence-electron chi connectivity index (χ4n) is 2.62. The quantitative estimate of drug-likeness (QED) is 0.772. The van der Waals surface area contributed by atoms with Gasteiger partial charge >= 0.3 is 0 Å². The highest BCUT2D eigenvalue weighted by Crippen LogP contribution is 2.29. The number of carbonyl (C=O) groups is 1. The van der Waals surface area contributed by atoms with Gasteiger partial charge in [-0.3, -0.25) is 4.79 Å². The van der Waals surface area contributed by atoms with Gasteiger partial charge in [0.1, 0.15) is 0 Å². The third kappa shape index (κ3) is 3.49. The molecule has 0 heterocycles. The molecule has 0 saturated heterocycles. The Kier molecular flexibility index (Phi) is 4.58. The van der Waals surface area contributed by atoms with Crippen LogP contribution in [0.25, 0.3) is 0 Å². The van der Waals surface area contributed by atoms with Crippen LogP contribution in [0.2, 0.25) is 0 Å². The summed E-state index contributed by atoms with van der Waals surface area (Å²) in [6.45, 7) is 5.15. The third-order valence-electron chi connectivity index (χ3n) is 3.26. The van der Waals surface area contributed by atoms with E-state index in [2.05, 4.69) is 13.8 Å². The molecule has 3 unspecified atom stereocenters. The molecular formula is C12H24N2O. The van der Waals surface area contributed by atoms with Crippen molar-refractivity contribution in [2.75, 3.05) is 13.6 Å². The van der Waals surface area contributed by atoms with Crippen LogP contribution in [0, 0.1) is 11.8 Å². The van der Waals surface area contributed by atoms with E-state index in [0.717, 1.165) is 32.2 Å². The number of hydrogen-bond acceptors (Lipinski definition) is 2. The first kappa shape index (κ1) is 12.5. The van der Waals surface area contributed by atoms with Crippen LogP contribution in [0.3, 0.4) is 0 Å². The highest BCUT2D eigenvalue weighted by atomic mass is 16.2. The van der Waals surface area contributed by atoms with E-state index in [4.69, 9.17) is 5.73 Å². The van der Waals surface area contributed by atoms with Crippen LogP contribution in [0.4, 0.5) is 0 Å². The van der Waals surface area contributed by atoms with Crippen LogP contribution >= 0.6 is 0 Å². The minimum Gasteiger partial charge on any atom is -0.346 e. The molecule has 0 aromatic heterocycles. The summed E-state index contributed by atoms with van der Waals surface area (Å²) in [5.74, 6) is 1.05. The summed E-state index contributed by atoms with van der Waals surface area (Å²) in [6.07, 6.45) is 3.98. The second-order valence-electron chi connectivity index (χ2n) is 5.03. The topological polar surface area (TPSA) is 46.3 Å². The predicted octanol–water partition coefficient (Wildman–Crippen LogP) is 1.62. The van der Waals surface area contributed by atoms with Crippen molar-refractivity contribution >= 4 is 5.91 Å². The van der Waals surface area contributed by atoms with Crippen molar-refractivity contribution in [1.82, 2.24) is 4.90 Å². The predicted molar refractivity (Wildman–Crippen MR) is 62.4 cm³/mol. The van der Waals surface area contributed by atoms with Gasteiger partial charge in [0.05, 0.1) is 0 Å². The summed E-state index contributed by atoms with van der Waals surface area (Å²) in [4.78, 5) is 13.9. The van der Waals surface area contributed by atoms with Gasteiger partial charge in [0.25, 0.3) is 0 Å². The number of nitrogens with two attached hydrogens (primary N) is 1. The van der Waals surface area contributed by atoms with Gasteiger partial charge in [-0.1, -0.05) is 13.8 Å². The fraction of sp³-hybridized carbons (Fsp3) is 0.917. The molecular weight excluding hydrogens is 188 g/mol. The van der Waals surface area contributed by atoms with Crippen LogP contribution in [0.1, 0.15) is 39.5 Å². The molecule has 0 bridgehead atoms. The fourth-order valence-corrected chi connectivity index (χ4v) is 2.62. The van der Waals surface area contributed by atoms with Gasteiger partial charge in [0, 0.05) is 25.6 Å². The second-order valence-corrected chi connectivity index (χ2v) is 5.03. The summed E-state index contributed by atoms with van der Waals surface area (Å²) in [6, 6.07) is 0.220. The Morgan fingerprint density at radius 1 is 1.40 bits per heavy atom. The minimum absolute atomic E-state index is 0.167. The van der Waals surface area contributed by atoms with Crippen LogP contribution in [0.15, 0.2) is 0 Å². The Balaban J connectivity index is 2.51. The zero-order chi connectivity index (χ0) is 11.4. The number of carbonyl (C=O) groups excluding carboxylic acids is 1. The van der Waals surface area contributed by atoms with Crippen molar-refractivity contribution in [3.8, 4) is 0 Å². The van der Waals surface area contributed by atoms with Crippen molar-refractivity contribution in [2.24, 2.45) is 17.6 Å². The summed E-state index contributed by atoms with van der Waals surface area (Å²) < 4.78 is 0. The first-order valence-electron chi connectivity index (χ1n) is 6.05. The molecule has 1 saturated carbocycles. The molecule has 2 N–H and O–H groups in total. The Hall–Kier alpha value is -0.570. The Labute approximate surface area is 93.0 Å². The summed E-state index contributed by atoms with van der Waals surface area (Å²) in [5, 5.41) is 0. The summed E-state index contributed by atoms with van der Waals surface area (Å²) in [7, 11) is 1.90. The van der Waals surface area contributed by atoms with E-state index in [1.807, 2.05) is 11.9 Å². The molecule has 0 radical (unpaired) electrons. The van der Waals surface area contributed by atoms with E-state index in [0.29, 0.717) is 11.8 Å². The molecule has 3 nitrogen and oxygen atoms in total. The van der Waals surface area contributed by atoms with E-state index >= 15 is 0 Å². The Morgan fingerprint density at radius 3 is 2.60 bits per heavy atom. The first-order chi connectivity index (χ1) is 7.04. The molecule has 1 fully saturated rings. The van der Waals surface area contributed by atoms with Gasteiger partial charge in [-0.05, 0) is 31.6 Å². The van der Waals surface area contributed by atoms with Gasteiger partial charge in [0.2, 0.25) is 5.91 Å². The van der Waals surface area contributed by atoms with Crippen LogP contribution in [0.5, 0.6) is 0 Å². The summed E-state index contributed by atoms with van der Waals surface area (Å²) in [5.41, 5.74) is 5.96. The Bertz CT molecular complexity index is 208. The van der Waals surface area contributed by atoms with Crippen LogP contribution < -0.4 is 5.73 Å². The zero-order valence-electron chi connectivity index (χ0n) is 10.2. The average Bonchev–Trinajstić information content (AvgIpc) is 2.15. The average molecular weight is 212 g/mol. The molecule has 3 heteroatoms. The molecule has 88 valence electrons. The number of rotatable bonds is 3. The van der Waals surface area contributed by atoms with E-state index in [9.17, 15) is 4.79 Å². The van der Waals surface area contributed by atoms with Crippen LogP contribution in [-0.2, 0) is 4.79 Å². The lowest BCUT2D eigenvalue weighted by Gasteiger charge is -2.32. The molecule has 1 amide bonds. The molecule has 1 rings (SSSR count). The minimum atomic E-state index is 0.167. The lowest BCUT2D eigenvalue weighted by molar-refractivity contribution is -0.135. The van der Waals surface area contributed by atoms with Crippen molar-refractivity contribution in [3.63, 3.8) is 0 Å². The molecule has 1 aliphatic carbocycles. The lowest BCUT2D eigenvalue weighted by atomic mass is 9.79. The van der Waals surface area contributed by atoms with Gasteiger partial charge in [-0.2, -0.15) is 0 Å². The van der Waals surface area contributed by atoms with E-state index in [1.54, 1.807) is 0 Å². The number of nitrogens with zero attached hydrogens (tertiary/aromatic N) is 1. The lowest BCUT2D eigenvalue weighted by Crippen LogP contribution is -2.41. The highest BCUT2D eigenvalue weighted by molar-refractivity contribution is 5.78. The van der Waals surface area contributed by atoms with Crippen LogP contribution in [-0.4, -0.2) is 30.4 Å². The molecule has 15 heavy (non-hydrogen) atoms. The molecule has 0 aromatic carbocycles. The van der Waals surface area contributed by atoms with Gasteiger partial charge in [-0.15, -0.1) is 0 Å². The third-order valence-corrected chi connectivity index (χ3v) is 3.26. The van der Waals surface area contributed by atoms with Crippen molar-refractivity contribution in [1.29, 1.82) is 0 Å². The normalized spacial score (nSPS) is 31.3.